The third-order valence-electron chi connectivity index (χ3n) is 12.0. The van der Waals surface area contributed by atoms with Crippen molar-refractivity contribution < 1.29 is 57.1 Å². The molecule has 6 heterocycles. The van der Waals surface area contributed by atoms with Crippen LogP contribution in [0.15, 0.2) is 94.2 Å². The van der Waals surface area contributed by atoms with E-state index in [-0.39, 0.29) is 30.8 Å². The van der Waals surface area contributed by atoms with Crippen molar-refractivity contribution in [3.8, 4) is 33.4 Å². The first-order chi connectivity index (χ1) is 35.7. The molecule has 23 heteroatoms. The first-order valence-corrected chi connectivity index (χ1v) is 31.8. The van der Waals surface area contributed by atoms with Crippen LogP contribution in [0.5, 0.6) is 0 Å². The number of fused-ring (bicyclic) bond motifs is 4. The molecule has 0 aliphatic rings. The van der Waals surface area contributed by atoms with Gasteiger partial charge < -0.3 is 29.1 Å². The van der Waals surface area contributed by atoms with E-state index in [4.69, 9.17) is 9.05 Å². The maximum atomic E-state index is 12.2. The molecule has 10 aromatic rings. The zero-order chi connectivity index (χ0) is 54.4. The van der Waals surface area contributed by atoms with Crippen LogP contribution in [0.25, 0.3) is 77.3 Å². The molecule has 0 aliphatic heterocycles. The summed E-state index contributed by atoms with van der Waals surface area (Å²) < 4.78 is 65.7. The summed E-state index contributed by atoms with van der Waals surface area (Å²) in [4.78, 5) is 26.1. The Kier molecular flexibility index (Phi) is 19.8. The molecule has 76 heavy (non-hydrogen) atoms. The van der Waals surface area contributed by atoms with E-state index in [1.807, 2.05) is 102 Å². The fourth-order valence-corrected chi connectivity index (χ4v) is 11.3. The minimum absolute atomic E-state index is 0. The summed E-state index contributed by atoms with van der Waals surface area (Å²) >= 11 is 2.79. The largest absolute Gasteiger partial charge is 0.489 e. The molecule has 0 amide bonds. The van der Waals surface area contributed by atoms with Gasteiger partial charge >= 0.3 is 51.0 Å². The van der Waals surface area contributed by atoms with Crippen molar-refractivity contribution in [2.45, 2.75) is 76.2 Å². The minimum atomic E-state index is -3.49. The molecule has 0 radical (unpaired) electrons. The molecule has 0 bridgehead atoms. The van der Waals surface area contributed by atoms with E-state index in [0.717, 1.165) is 98.1 Å². The Morgan fingerprint density at radius 1 is 0.658 bits per heavy atom. The Morgan fingerprint density at radius 3 is 1.62 bits per heavy atom. The topological polar surface area (TPSA) is 268 Å². The van der Waals surface area contributed by atoms with E-state index >= 15 is 0 Å². The van der Waals surface area contributed by atoms with Crippen molar-refractivity contribution in [2.75, 3.05) is 30.3 Å². The monoisotopic (exact) mass is 1300 g/mol. The normalized spacial score (nSPS) is 11.4. The summed E-state index contributed by atoms with van der Waals surface area (Å²) in [5.41, 5.74) is 14.1. The van der Waals surface area contributed by atoms with Gasteiger partial charge in [-0.05, 0) is 154 Å². The summed E-state index contributed by atoms with van der Waals surface area (Å²) in [6.45, 7) is 16.8. The minimum Gasteiger partial charge on any atom is -0.423 e. The fourth-order valence-electron chi connectivity index (χ4n) is 8.43. The second-order valence-electron chi connectivity index (χ2n) is 17.4. The number of sulfonamides is 2. The van der Waals surface area contributed by atoms with Gasteiger partial charge in [-0.15, -0.1) is 0 Å². The molecule has 0 spiro atoms. The zero-order valence-electron chi connectivity index (χ0n) is 43.1. The second-order valence-corrected chi connectivity index (χ2v) is 25.2. The van der Waals surface area contributed by atoms with Gasteiger partial charge in [0.25, 0.3) is 0 Å². The summed E-state index contributed by atoms with van der Waals surface area (Å²) in [6, 6.07) is 23.2. The van der Waals surface area contributed by atoms with Gasteiger partial charge in [-0.1, -0.05) is 47.6 Å². The van der Waals surface area contributed by atoms with Crippen molar-refractivity contribution in [1.82, 2.24) is 40.2 Å². The van der Waals surface area contributed by atoms with Gasteiger partial charge in [0, 0.05) is 43.4 Å². The molecule has 10 rings (SSSR count). The molecule has 0 aliphatic carbocycles. The molecular formula is C53H62BI2N10O8S2-. The average molecular weight is 1300 g/mol. The number of anilines is 2. The van der Waals surface area contributed by atoms with Gasteiger partial charge in [0.15, 0.2) is 0 Å². The maximum Gasteiger partial charge on any atom is 0.489 e. The summed E-state index contributed by atoms with van der Waals surface area (Å²) in [6.07, 6.45) is 4.85. The number of H-pyrrole nitrogens is 2. The van der Waals surface area contributed by atoms with Crippen molar-refractivity contribution >= 4 is 111 Å². The van der Waals surface area contributed by atoms with Crippen molar-refractivity contribution in [3.63, 3.8) is 0 Å². The van der Waals surface area contributed by atoms with Crippen molar-refractivity contribution in [2.24, 2.45) is 0 Å². The maximum absolute atomic E-state index is 12.2. The number of aromatic nitrogens is 8. The number of aromatic amines is 2. The molecule has 0 fully saturated rings. The molecule has 0 atom stereocenters. The molecule has 6 aromatic heterocycles. The number of nitrogens with zero attached hydrogens (tertiary/aromatic N) is 6. The number of alkyl halides is 2. The summed E-state index contributed by atoms with van der Waals surface area (Å²) in [5.74, 6) is 1.79. The van der Waals surface area contributed by atoms with E-state index in [2.05, 4.69) is 90.2 Å². The van der Waals surface area contributed by atoms with Crippen molar-refractivity contribution in [3.05, 3.63) is 123 Å². The Hall–Kier alpha value is -6.00. The average Bonchev–Trinajstić information content (AvgIpc) is 4.16. The molecule has 402 valence electrons. The summed E-state index contributed by atoms with van der Waals surface area (Å²) in [7, 11) is -8.30. The van der Waals surface area contributed by atoms with Gasteiger partial charge in [-0.3, -0.25) is 19.4 Å². The number of pyridine rings is 2. The predicted octanol–water partition coefficient (Wildman–Crippen LogP) is 7.30. The second kappa shape index (κ2) is 25.4. The smallest absolute Gasteiger partial charge is 0.423 e. The fraction of sp³-hybridized carbons (Fsp3) is 0.283. The molecule has 6 N–H and O–H groups in total. The van der Waals surface area contributed by atoms with Crippen LogP contribution in [0.4, 0.5) is 11.9 Å². The number of rotatable bonds is 12. The van der Waals surface area contributed by atoms with E-state index in [1.54, 1.807) is 32.3 Å². The van der Waals surface area contributed by atoms with E-state index in [1.165, 1.54) is 10.8 Å². The standard InChI is InChI=1S/C24H23N5O3S.C14H15IN4O3S.C10H10BNO2.C4H10I.CH4/c1-5-33(30,31)29-24-26-20-12-16(22-14(3)28-32-15(22)4)11-18(23(20)27-24)21-13(2)8-9-19-17(21)7-6-10-25-19;1-4-23(20,21)19-14-16-11-6-9(5-10(15)13(11)17-14)12-7(2)18-22-8(12)3;1-7-4-5-9-8(3-2-6-12-9)10(7)11(13)14;1-3-4-5-2;/h6-12H,5H2,1-4H3,(H2,26,27,29);5-6H,4H2,1-3H3,(H2,16,17,19);2-6,13-14H,1H3;3-4H2,1-2H3;1H4/q;;;-1;. The number of benzene rings is 4. The molecule has 4 aromatic carbocycles. The third kappa shape index (κ3) is 13.6. The Labute approximate surface area is 467 Å². The Bertz CT molecular complexity index is 3860. The van der Waals surface area contributed by atoms with Gasteiger partial charge in [0.05, 0.1) is 50.5 Å². The van der Waals surface area contributed by atoms with Gasteiger partial charge in [-0.2, -0.15) is 0 Å². The number of nitrogens with one attached hydrogen (secondary N) is 4. The molecular weight excluding hydrogens is 1230 g/mol. The number of aryl methyl sites for hydroxylation is 6. The van der Waals surface area contributed by atoms with Crippen LogP contribution >= 0.6 is 22.6 Å². The molecule has 0 saturated heterocycles. The van der Waals surface area contributed by atoms with E-state index in [9.17, 15) is 26.9 Å². The van der Waals surface area contributed by atoms with Crippen LogP contribution in [0.3, 0.4) is 0 Å². The van der Waals surface area contributed by atoms with Gasteiger partial charge in [0.2, 0.25) is 31.9 Å². The van der Waals surface area contributed by atoms with Crippen LogP contribution in [0.2, 0.25) is 0 Å². The third-order valence-corrected chi connectivity index (χ3v) is 17.5. The van der Waals surface area contributed by atoms with Crippen molar-refractivity contribution in [1.29, 1.82) is 0 Å². The number of halogens is 2. The first kappa shape index (κ1) is 59.3. The zero-order valence-corrected chi connectivity index (χ0v) is 49.0. The van der Waals surface area contributed by atoms with Crippen LogP contribution in [-0.2, 0) is 20.0 Å². The van der Waals surface area contributed by atoms with E-state index < -0.39 is 27.2 Å². The number of hydrogen-bond donors (Lipinski definition) is 6. The Morgan fingerprint density at radius 2 is 1.14 bits per heavy atom. The first-order valence-electron chi connectivity index (χ1n) is 23.8. The van der Waals surface area contributed by atoms with Crippen LogP contribution in [-0.4, -0.2) is 95.1 Å². The number of hydrogen-bond acceptors (Lipinski definition) is 14. The quantitative estimate of drug-likeness (QED) is 0.0398. The SMILES string of the molecule is C.CCC[I-]C.CCS(=O)(=O)Nc1nc2c(-c3c(C)ccc4ncccc34)cc(-c3c(C)noc3C)cc2[nH]1.CCS(=O)(=O)Nc1nc2c(I)cc(-c3c(C)noc3C)cc2[nH]1.Cc1ccc2ncccc2c1B(O)O. The van der Waals surface area contributed by atoms with Crippen LogP contribution in [0.1, 0.15) is 68.7 Å². The predicted molar refractivity (Wildman–Crippen MR) is 311 cm³/mol. The molecule has 18 nitrogen and oxygen atoms in total. The molecule has 0 saturated carbocycles. The van der Waals surface area contributed by atoms with Gasteiger partial charge in [0.1, 0.15) is 17.0 Å². The van der Waals surface area contributed by atoms with E-state index in [0.29, 0.717) is 43.5 Å². The number of imidazole rings is 2. The van der Waals surface area contributed by atoms with Crippen LogP contribution < -0.4 is 36.1 Å². The molecule has 0 unspecified atom stereocenters. The Balaban J connectivity index is 0.000000189. The van der Waals surface area contributed by atoms with Gasteiger partial charge in [-0.25, -0.2) is 26.8 Å². The van der Waals surface area contributed by atoms with Crippen LogP contribution in [0, 0.1) is 45.1 Å². The summed E-state index contributed by atoms with van der Waals surface area (Å²) in [5, 5.41) is 28.3.